The van der Waals surface area contributed by atoms with E-state index in [4.69, 9.17) is 0 Å². The van der Waals surface area contributed by atoms with E-state index in [0.29, 0.717) is 5.82 Å². The Morgan fingerprint density at radius 3 is 2.86 bits per heavy atom. The summed E-state index contributed by atoms with van der Waals surface area (Å²) in [5.74, 6) is 0.810. The van der Waals surface area contributed by atoms with E-state index in [1.807, 2.05) is 0 Å². The molecule has 0 unspecified atom stereocenters. The molecule has 1 heterocycles. The molecule has 1 aliphatic carbocycles. The van der Waals surface area contributed by atoms with Crippen molar-refractivity contribution < 1.29 is 4.79 Å². The van der Waals surface area contributed by atoms with Crippen LogP contribution in [0.25, 0.3) is 0 Å². The molecule has 1 aromatic rings. The van der Waals surface area contributed by atoms with Crippen molar-refractivity contribution in [3.05, 3.63) is 6.20 Å². The molecule has 1 amide bonds. The molecule has 1 aliphatic rings. The van der Waals surface area contributed by atoms with E-state index in [9.17, 15) is 4.79 Å². The second kappa shape index (κ2) is 3.77. The number of nitrogens with zero attached hydrogens (tertiary/aromatic N) is 3. The minimum atomic E-state index is 0.0861. The Bertz CT molecular complexity index is 327. The van der Waals surface area contributed by atoms with Gasteiger partial charge in [-0.1, -0.05) is 12.8 Å². The third-order valence-corrected chi connectivity index (χ3v) is 2.58. The summed E-state index contributed by atoms with van der Waals surface area (Å²) in [5.41, 5.74) is 0. The van der Waals surface area contributed by atoms with Crippen LogP contribution < -0.4 is 5.32 Å². The predicted molar refractivity (Wildman–Crippen MR) is 51.6 cm³/mol. The topological polar surface area (TPSA) is 59.8 Å². The lowest BCUT2D eigenvalue weighted by atomic mass is 10.1. The van der Waals surface area contributed by atoms with E-state index in [1.54, 1.807) is 13.2 Å². The largest absolute Gasteiger partial charge is 0.308 e. The minimum absolute atomic E-state index is 0.0861. The molecule has 2 rings (SSSR count). The standard InChI is InChI=1S/C9H14N4O/c1-13-10-6-8(12-13)11-9(14)7-4-2-3-5-7/h6-7H,2-5H2,1H3,(H,11,12,14). The molecule has 1 N–H and O–H groups in total. The first kappa shape index (κ1) is 9.18. The Morgan fingerprint density at radius 1 is 1.57 bits per heavy atom. The lowest BCUT2D eigenvalue weighted by Crippen LogP contribution is -2.20. The lowest BCUT2D eigenvalue weighted by molar-refractivity contribution is -0.119. The second-order valence-electron chi connectivity index (χ2n) is 3.69. The van der Waals surface area contributed by atoms with Crippen LogP contribution in [0.5, 0.6) is 0 Å². The highest BCUT2D eigenvalue weighted by Gasteiger charge is 2.22. The van der Waals surface area contributed by atoms with Crippen LogP contribution in [0.2, 0.25) is 0 Å². The zero-order valence-corrected chi connectivity index (χ0v) is 8.23. The fraction of sp³-hybridized carbons (Fsp3) is 0.667. The summed E-state index contributed by atoms with van der Waals surface area (Å²) in [6.07, 6.45) is 5.90. The first-order valence-corrected chi connectivity index (χ1v) is 4.93. The van der Waals surface area contributed by atoms with Crippen molar-refractivity contribution in [3.63, 3.8) is 0 Å². The van der Waals surface area contributed by atoms with Crippen molar-refractivity contribution >= 4 is 11.7 Å². The number of hydrogen-bond donors (Lipinski definition) is 1. The zero-order chi connectivity index (χ0) is 9.97. The van der Waals surface area contributed by atoms with E-state index in [0.717, 1.165) is 12.8 Å². The summed E-state index contributed by atoms with van der Waals surface area (Å²) in [6.45, 7) is 0. The van der Waals surface area contributed by atoms with Crippen LogP contribution in [-0.2, 0) is 11.8 Å². The monoisotopic (exact) mass is 194 g/mol. The number of aryl methyl sites for hydroxylation is 1. The normalized spacial score (nSPS) is 17.2. The molecular formula is C9H14N4O. The molecule has 1 aromatic heterocycles. The van der Waals surface area contributed by atoms with E-state index in [-0.39, 0.29) is 11.8 Å². The zero-order valence-electron chi connectivity index (χ0n) is 8.23. The van der Waals surface area contributed by atoms with Crippen LogP contribution in [0.4, 0.5) is 5.82 Å². The number of carbonyl (C=O) groups excluding carboxylic acids is 1. The van der Waals surface area contributed by atoms with Gasteiger partial charge in [-0.2, -0.15) is 9.90 Å². The molecule has 14 heavy (non-hydrogen) atoms. The Morgan fingerprint density at radius 2 is 2.29 bits per heavy atom. The Balaban J connectivity index is 1.93. The van der Waals surface area contributed by atoms with Gasteiger partial charge in [-0.25, -0.2) is 0 Å². The van der Waals surface area contributed by atoms with Crippen LogP contribution in [-0.4, -0.2) is 20.9 Å². The van der Waals surface area contributed by atoms with Crippen molar-refractivity contribution in [2.24, 2.45) is 13.0 Å². The SMILES string of the molecule is Cn1ncc(NC(=O)C2CCCC2)n1. The van der Waals surface area contributed by atoms with Gasteiger partial charge in [0.15, 0.2) is 5.82 Å². The number of rotatable bonds is 2. The summed E-state index contributed by atoms with van der Waals surface area (Å²) in [5, 5.41) is 10.7. The average molecular weight is 194 g/mol. The Labute approximate surface area is 82.5 Å². The molecule has 0 atom stereocenters. The molecule has 76 valence electrons. The summed E-state index contributed by atoms with van der Waals surface area (Å²) in [4.78, 5) is 13.1. The maximum absolute atomic E-state index is 11.6. The highest BCUT2D eigenvalue weighted by Crippen LogP contribution is 2.25. The summed E-state index contributed by atoms with van der Waals surface area (Å²) in [7, 11) is 1.73. The smallest absolute Gasteiger partial charge is 0.228 e. The molecule has 0 radical (unpaired) electrons. The average Bonchev–Trinajstić information content (AvgIpc) is 2.75. The van der Waals surface area contributed by atoms with Gasteiger partial charge in [0.05, 0.1) is 6.20 Å². The summed E-state index contributed by atoms with van der Waals surface area (Å²) in [6, 6.07) is 0. The minimum Gasteiger partial charge on any atom is -0.308 e. The number of anilines is 1. The predicted octanol–water partition coefficient (Wildman–Crippen LogP) is 0.944. The van der Waals surface area contributed by atoms with Crippen LogP contribution in [0.1, 0.15) is 25.7 Å². The van der Waals surface area contributed by atoms with Gasteiger partial charge < -0.3 is 5.32 Å². The van der Waals surface area contributed by atoms with E-state index < -0.39 is 0 Å². The molecule has 5 heteroatoms. The first-order chi connectivity index (χ1) is 6.75. The Hall–Kier alpha value is -1.39. The molecule has 0 spiro atoms. The molecule has 1 fully saturated rings. The fourth-order valence-electron chi connectivity index (χ4n) is 1.82. The van der Waals surface area contributed by atoms with Gasteiger partial charge in [-0.05, 0) is 12.8 Å². The van der Waals surface area contributed by atoms with Gasteiger partial charge in [-0.15, -0.1) is 5.10 Å². The maximum Gasteiger partial charge on any atom is 0.228 e. The molecular weight excluding hydrogens is 180 g/mol. The van der Waals surface area contributed by atoms with Crippen molar-refractivity contribution in [2.45, 2.75) is 25.7 Å². The van der Waals surface area contributed by atoms with E-state index in [2.05, 4.69) is 15.5 Å². The molecule has 0 aromatic carbocycles. The van der Waals surface area contributed by atoms with Gasteiger partial charge in [0.1, 0.15) is 0 Å². The molecule has 5 nitrogen and oxygen atoms in total. The quantitative estimate of drug-likeness (QED) is 0.762. The van der Waals surface area contributed by atoms with Crippen molar-refractivity contribution in [1.29, 1.82) is 0 Å². The van der Waals surface area contributed by atoms with Crippen molar-refractivity contribution in [2.75, 3.05) is 5.32 Å². The Kier molecular flexibility index (Phi) is 2.47. The third kappa shape index (κ3) is 1.92. The molecule has 0 saturated heterocycles. The summed E-state index contributed by atoms with van der Waals surface area (Å²) < 4.78 is 0. The molecule has 0 aliphatic heterocycles. The van der Waals surface area contributed by atoms with Gasteiger partial charge in [0.2, 0.25) is 5.91 Å². The van der Waals surface area contributed by atoms with E-state index >= 15 is 0 Å². The van der Waals surface area contributed by atoms with Crippen LogP contribution >= 0.6 is 0 Å². The second-order valence-corrected chi connectivity index (χ2v) is 3.69. The van der Waals surface area contributed by atoms with E-state index in [1.165, 1.54) is 17.6 Å². The van der Waals surface area contributed by atoms with Gasteiger partial charge in [0.25, 0.3) is 0 Å². The number of hydrogen-bond acceptors (Lipinski definition) is 3. The van der Waals surface area contributed by atoms with Crippen molar-refractivity contribution in [1.82, 2.24) is 15.0 Å². The maximum atomic E-state index is 11.6. The lowest BCUT2D eigenvalue weighted by Gasteiger charge is -2.06. The van der Waals surface area contributed by atoms with Crippen LogP contribution in [0.15, 0.2) is 6.20 Å². The van der Waals surface area contributed by atoms with Gasteiger partial charge in [-0.3, -0.25) is 4.79 Å². The van der Waals surface area contributed by atoms with Crippen LogP contribution in [0, 0.1) is 5.92 Å². The highest BCUT2D eigenvalue weighted by molar-refractivity contribution is 5.91. The first-order valence-electron chi connectivity index (χ1n) is 4.93. The van der Waals surface area contributed by atoms with Crippen molar-refractivity contribution in [3.8, 4) is 0 Å². The van der Waals surface area contributed by atoms with Gasteiger partial charge >= 0.3 is 0 Å². The van der Waals surface area contributed by atoms with Gasteiger partial charge in [0, 0.05) is 13.0 Å². The molecule has 0 bridgehead atoms. The summed E-state index contributed by atoms with van der Waals surface area (Å²) >= 11 is 0. The molecule has 1 saturated carbocycles. The number of nitrogens with one attached hydrogen (secondary N) is 1. The third-order valence-electron chi connectivity index (χ3n) is 2.58. The fourth-order valence-corrected chi connectivity index (χ4v) is 1.82. The highest BCUT2D eigenvalue weighted by atomic mass is 16.2. The number of aromatic nitrogens is 3. The van der Waals surface area contributed by atoms with Crippen LogP contribution in [0.3, 0.4) is 0 Å². The number of amides is 1. The number of carbonyl (C=O) groups is 1.